The molecule has 0 fully saturated rings. The maximum Gasteiger partial charge on any atom is 0.506 e. The molecule has 1 N–H and O–H groups in total. The number of halogens is 3. The first-order valence-corrected chi connectivity index (χ1v) is 5.74. The van der Waals surface area contributed by atoms with Gasteiger partial charge in [0.15, 0.2) is 6.10 Å². The largest absolute Gasteiger partial charge is 0.506 e. The van der Waals surface area contributed by atoms with Crippen molar-refractivity contribution in [2.75, 3.05) is 0 Å². The molecule has 0 saturated heterocycles. The highest BCUT2D eigenvalue weighted by molar-refractivity contribution is 7.09. The summed E-state index contributed by atoms with van der Waals surface area (Å²) in [5.41, 5.74) is 1.60. The van der Waals surface area contributed by atoms with Crippen molar-refractivity contribution < 1.29 is 14.6 Å². The molecule has 1 aromatic rings. The summed E-state index contributed by atoms with van der Waals surface area (Å²) in [5.74, 6) is 0. The van der Waals surface area contributed by atoms with Crippen LogP contribution in [0, 0.1) is 0 Å². The van der Waals surface area contributed by atoms with Gasteiger partial charge < -0.3 is 9.84 Å². The lowest BCUT2D eigenvalue weighted by Crippen LogP contribution is -2.32. The minimum Gasteiger partial charge on any atom is -0.450 e. The first-order valence-electron chi connectivity index (χ1n) is 3.73. The average molecular weight is 291 g/mol. The minimum absolute atomic E-state index is 0.188. The van der Waals surface area contributed by atoms with Crippen LogP contribution in [0.3, 0.4) is 0 Å². The van der Waals surface area contributed by atoms with Gasteiger partial charge in [-0.15, -0.1) is 11.3 Å². The number of hydrogen-bond acceptors (Lipinski definition) is 4. The van der Waals surface area contributed by atoms with Crippen molar-refractivity contribution in [3.8, 4) is 0 Å². The van der Waals surface area contributed by atoms with E-state index < -0.39 is 16.1 Å². The van der Waals surface area contributed by atoms with Gasteiger partial charge in [-0.2, -0.15) is 0 Å². The van der Waals surface area contributed by atoms with Crippen LogP contribution >= 0.6 is 46.1 Å². The van der Waals surface area contributed by atoms with Crippen molar-refractivity contribution in [2.24, 2.45) is 0 Å². The van der Waals surface area contributed by atoms with E-state index in [9.17, 15) is 4.79 Å². The number of alkyl halides is 3. The third-order valence-electron chi connectivity index (χ3n) is 1.48. The van der Waals surface area contributed by atoms with Gasteiger partial charge in [-0.25, -0.2) is 4.79 Å². The molecule has 0 aliphatic heterocycles. The van der Waals surface area contributed by atoms with E-state index in [2.05, 4.69) is 9.72 Å². The normalized spacial score (nSPS) is 13.5. The summed E-state index contributed by atoms with van der Waals surface area (Å²) in [5, 5.41) is 8.47. The number of aromatic nitrogens is 1. The van der Waals surface area contributed by atoms with Crippen LogP contribution in [0.2, 0.25) is 0 Å². The SMILES string of the molecule is O=C(O)OC(Cc1cncs1)C(Cl)(Cl)Cl. The molecule has 84 valence electrons. The lowest BCUT2D eigenvalue weighted by atomic mass is 10.2. The zero-order chi connectivity index (χ0) is 11.5. The van der Waals surface area contributed by atoms with Gasteiger partial charge in [0.05, 0.1) is 5.51 Å². The van der Waals surface area contributed by atoms with Crippen LogP contribution < -0.4 is 0 Å². The highest BCUT2D eigenvalue weighted by Gasteiger charge is 2.36. The van der Waals surface area contributed by atoms with Crippen molar-refractivity contribution in [1.82, 2.24) is 4.98 Å². The predicted molar refractivity (Wildman–Crippen MR) is 59.0 cm³/mol. The van der Waals surface area contributed by atoms with Crippen LogP contribution in [0.1, 0.15) is 4.88 Å². The molecule has 0 spiro atoms. The Morgan fingerprint density at radius 1 is 1.67 bits per heavy atom. The van der Waals surface area contributed by atoms with Gasteiger partial charge in [0.25, 0.3) is 0 Å². The Hall–Kier alpha value is -0.230. The summed E-state index contributed by atoms with van der Waals surface area (Å²) in [4.78, 5) is 15.0. The molecule has 1 atom stereocenters. The Morgan fingerprint density at radius 2 is 2.33 bits per heavy atom. The Bertz CT molecular complexity index is 325. The van der Waals surface area contributed by atoms with Crippen molar-refractivity contribution in [3.63, 3.8) is 0 Å². The number of ether oxygens (including phenoxy) is 1. The van der Waals surface area contributed by atoms with Crippen LogP contribution in [0.5, 0.6) is 0 Å². The summed E-state index contributed by atoms with van der Waals surface area (Å²) in [6.07, 6.45) is -0.761. The van der Waals surface area contributed by atoms with E-state index in [1.165, 1.54) is 11.3 Å². The highest BCUT2D eigenvalue weighted by Crippen LogP contribution is 2.34. The van der Waals surface area contributed by atoms with Gasteiger partial charge in [0.2, 0.25) is 3.79 Å². The monoisotopic (exact) mass is 289 g/mol. The standard InChI is InChI=1S/C7H6Cl3NO3S/c8-7(9,10)5(14-6(12)13)1-4-2-11-3-15-4/h2-3,5H,1H2,(H,12,13). The maximum atomic E-state index is 10.4. The second kappa shape index (κ2) is 5.21. The molecule has 0 aromatic carbocycles. The number of hydrogen-bond donors (Lipinski definition) is 1. The summed E-state index contributed by atoms with van der Waals surface area (Å²) in [6.45, 7) is 0. The fourth-order valence-corrected chi connectivity index (χ4v) is 1.86. The van der Waals surface area contributed by atoms with E-state index in [0.29, 0.717) is 0 Å². The summed E-state index contributed by atoms with van der Waals surface area (Å²) < 4.78 is 2.70. The third kappa shape index (κ3) is 4.42. The predicted octanol–water partition coefficient (Wildman–Crippen LogP) is 3.12. The first kappa shape index (κ1) is 12.8. The number of nitrogens with zero attached hydrogens (tertiary/aromatic N) is 1. The molecular formula is C7H6Cl3NO3S. The summed E-state index contributed by atoms with van der Waals surface area (Å²) >= 11 is 18.1. The lowest BCUT2D eigenvalue weighted by molar-refractivity contribution is 0.0536. The molecule has 0 aliphatic carbocycles. The molecular weight excluding hydrogens is 285 g/mol. The van der Waals surface area contributed by atoms with Crippen LogP contribution in [0.25, 0.3) is 0 Å². The Kier molecular flexibility index (Phi) is 4.45. The van der Waals surface area contributed by atoms with E-state index >= 15 is 0 Å². The highest BCUT2D eigenvalue weighted by atomic mass is 35.6. The van der Waals surface area contributed by atoms with Crippen molar-refractivity contribution in [3.05, 3.63) is 16.6 Å². The molecule has 0 radical (unpaired) electrons. The molecule has 0 aliphatic rings. The van der Waals surface area contributed by atoms with E-state index in [1.807, 2.05) is 0 Å². The topological polar surface area (TPSA) is 59.4 Å². The molecule has 8 heteroatoms. The Morgan fingerprint density at radius 3 is 2.73 bits per heavy atom. The van der Waals surface area contributed by atoms with Gasteiger partial charge in [0.1, 0.15) is 0 Å². The second-order valence-electron chi connectivity index (χ2n) is 2.59. The molecule has 1 heterocycles. The van der Waals surface area contributed by atoms with Gasteiger partial charge in [-0.3, -0.25) is 4.98 Å². The van der Waals surface area contributed by atoms with Gasteiger partial charge >= 0.3 is 6.16 Å². The van der Waals surface area contributed by atoms with Gasteiger partial charge in [-0.05, 0) is 0 Å². The fraction of sp³-hybridized carbons (Fsp3) is 0.429. The van der Waals surface area contributed by atoms with Gasteiger partial charge in [-0.1, -0.05) is 34.8 Å². The smallest absolute Gasteiger partial charge is 0.450 e. The molecule has 0 bridgehead atoms. The first-order chi connectivity index (χ1) is 6.89. The van der Waals surface area contributed by atoms with Crippen LogP contribution in [0.15, 0.2) is 11.7 Å². The molecule has 15 heavy (non-hydrogen) atoms. The average Bonchev–Trinajstić information content (AvgIpc) is 2.53. The third-order valence-corrected chi connectivity index (χ3v) is 3.01. The Labute approximate surface area is 105 Å². The van der Waals surface area contributed by atoms with Crippen molar-refractivity contribution in [1.29, 1.82) is 0 Å². The number of thiazole rings is 1. The molecule has 4 nitrogen and oxygen atoms in total. The Balaban J connectivity index is 2.69. The number of carboxylic acid groups (broad SMARTS) is 1. The lowest BCUT2D eigenvalue weighted by Gasteiger charge is -2.22. The van der Waals surface area contributed by atoms with E-state index in [1.54, 1.807) is 11.7 Å². The van der Waals surface area contributed by atoms with Crippen molar-refractivity contribution in [2.45, 2.75) is 16.3 Å². The molecule has 0 saturated carbocycles. The van der Waals surface area contributed by atoms with Crippen molar-refractivity contribution >= 4 is 52.3 Å². The van der Waals surface area contributed by atoms with E-state index in [0.717, 1.165) is 4.88 Å². The zero-order valence-corrected chi connectivity index (χ0v) is 10.3. The molecule has 1 unspecified atom stereocenters. The zero-order valence-electron chi connectivity index (χ0n) is 7.19. The summed E-state index contributed by atoms with van der Waals surface area (Å²) in [6, 6.07) is 0. The number of carbonyl (C=O) groups is 1. The quantitative estimate of drug-likeness (QED) is 0.686. The van der Waals surface area contributed by atoms with Crippen LogP contribution in [-0.4, -0.2) is 26.1 Å². The molecule has 1 rings (SSSR count). The van der Waals surface area contributed by atoms with Gasteiger partial charge in [0, 0.05) is 17.5 Å². The second-order valence-corrected chi connectivity index (χ2v) is 5.93. The fourth-order valence-electron chi connectivity index (χ4n) is 0.872. The van der Waals surface area contributed by atoms with Crippen LogP contribution in [-0.2, 0) is 11.2 Å². The van der Waals surface area contributed by atoms with Crippen LogP contribution in [0.4, 0.5) is 4.79 Å². The minimum atomic E-state index is -1.79. The number of rotatable bonds is 3. The summed E-state index contributed by atoms with van der Waals surface area (Å²) in [7, 11) is 0. The molecule has 0 amide bonds. The maximum absolute atomic E-state index is 10.4. The van der Waals surface area contributed by atoms with E-state index in [4.69, 9.17) is 39.9 Å². The molecule has 1 aromatic heterocycles. The van der Waals surface area contributed by atoms with E-state index in [-0.39, 0.29) is 6.42 Å².